The summed E-state index contributed by atoms with van der Waals surface area (Å²) in [5.41, 5.74) is 0. The zero-order chi connectivity index (χ0) is 22.9. The van der Waals surface area contributed by atoms with Crippen molar-refractivity contribution in [3.63, 3.8) is 0 Å². The van der Waals surface area contributed by atoms with Crippen molar-refractivity contribution in [3.8, 4) is 11.5 Å². The fourth-order valence-electron chi connectivity index (χ4n) is 2.83. The predicted molar refractivity (Wildman–Crippen MR) is 126 cm³/mol. The van der Waals surface area contributed by atoms with Crippen LogP contribution in [0.4, 0.5) is 17.5 Å². The highest BCUT2D eigenvalue weighted by Crippen LogP contribution is 2.22. The van der Waals surface area contributed by atoms with Crippen LogP contribution in [-0.4, -0.2) is 36.7 Å². The predicted octanol–water partition coefficient (Wildman–Crippen LogP) is 3.80. The zero-order valence-electron chi connectivity index (χ0n) is 17.5. The van der Waals surface area contributed by atoms with Crippen LogP contribution < -0.4 is 20.1 Å². The van der Waals surface area contributed by atoms with Gasteiger partial charge in [-0.3, -0.25) is 0 Å². The van der Waals surface area contributed by atoms with Crippen LogP contribution in [0.25, 0.3) is 0 Å². The first-order chi connectivity index (χ1) is 16.1. The van der Waals surface area contributed by atoms with Gasteiger partial charge in [0, 0.05) is 19.3 Å². The number of anilines is 3. The van der Waals surface area contributed by atoms with E-state index in [0.717, 1.165) is 0 Å². The van der Waals surface area contributed by atoms with Gasteiger partial charge in [-0.1, -0.05) is 24.3 Å². The van der Waals surface area contributed by atoms with E-state index >= 15 is 0 Å². The highest BCUT2D eigenvalue weighted by atomic mass is 32.2. The molecule has 2 aromatic carbocycles. The summed E-state index contributed by atoms with van der Waals surface area (Å²) in [4.78, 5) is 4.32. The number of sulfonamides is 1. The van der Waals surface area contributed by atoms with Crippen LogP contribution in [0.15, 0.2) is 96.0 Å². The number of aromatic nitrogens is 3. The maximum absolute atomic E-state index is 12.5. The molecule has 3 N–H and O–H groups in total. The number of benzene rings is 2. The summed E-state index contributed by atoms with van der Waals surface area (Å²) in [5.74, 6) is 2.99. The summed E-state index contributed by atoms with van der Waals surface area (Å²) in [6, 6.07) is 24.6. The van der Waals surface area contributed by atoms with Crippen molar-refractivity contribution in [2.45, 2.75) is 4.90 Å². The molecule has 168 valence electrons. The van der Waals surface area contributed by atoms with Crippen molar-refractivity contribution >= 4 is 27.5 Å². The molecule has 9 nitrogen and oxygen atoms in total. The number of ether oxygens (including phenoxy) is 1. The molecule has 10 heteroatoms. The van der Waals surface area contributed by atoms with E-state index in [9.17, 15) is 8.42 Å². The van der Waals surface area contributed by atoms with Crippen LogP contribution in [0, 0.1) is 0 Å². The standard InChI is InChI=1S/C23H22N6O3S/c30-33(31,20-11-9-19(10-12-20)32-18-6-2-1-3-7-18)26-17-16-25-22-13-14-23(29-28-22)27-21-8-4-5-15-24-21/h1-15,26H,16-17H2,(H,25,28)(H,24,27,29). The van der Waals surface area contributed by atoms with Crippen LogP contribution in [0.5, 0.6) is 11.5 Å². The van der Waals surface area contributed by atoms with Gasteiger partial charge < -0.3 is 15.4 Å². The molecule has 2 aromatic heterocycles. The summed E-state index contributed by atoms with van der Waals surface area (Å²) >= 11 is 0. The topological polar surface area (TPSA) is 118 Å². The Morgan fingerprint density at radius 1 is 0.697 bits per heavy atom. The minimum absolute atomic E-state index is 0.160. The van der Waals surface area contributed by atoms with Crippen LogP contribution in [-0.2, 0) is 10.0 Å². The second kappa shape index (κ2) is 10.5. The van der Waals surface area contributed by atoms with Crippen molar-refractivity contribution in [3.05, 3.63) is 91.1 Å². The van der Waals surface area contributed by atoms with E-state index in [1.165, 1.54) is 12.1 Å². The zero-order valence-corrected chi connectivity index (χ0v) is 18.4. The van der Waals surface area contributed by atoms with E-state index in [0.29, 0.717) is 35.5 Å². The maximum atomic E-state index is 12.5. The average molecular weight is 463 g/mol. The molecule has 0 bridgehead atoms. The van der Waals surface area contributed by atoms with Crippen molar-refractivity contribution in [2.24, 2.45) is 0 Å². The number of hydrogen-bond donors (Lipinski definition) is 3. The molecule has 0 aliphatic carbocycles. The van der Waals surface area contributed by atoms with Gasteiger partial charge in [0.25, 0.3) is 0 Å². The normalized spacial score (nSPS) is 11.0. The van der Waals surface area contributed by atoms with Gasteiger partial charge in [0.05, 0.1) is 4.90 Å². The highest BCUT2D eigenvalue weighted by molar-refractivity contribution is 7.89. The molecule has 0 spiro atoms. The van der Waals surface area contributed by atoms with Gasteiger partial charge in [-0.15, -0.1) is 10.2 Å². The highest BCUT2D eigenvalue weighted by Gasteiger charge is 2.13. The van der Waals surface area contributed by atoms with Crippen molar-refractivity contribution in [2.75, 3.05) is 23.7 Å². The summed E-state index contributed by atoms with van der Waals surface area (Å²) in [7, 11) is -3.64. The number of rotatable bonds is 10. The first kappa shape index (κ1) is 22.2. The third kappa shape index (κ3) is 6.48. The Morgan fingerprint density at radius 3 is 2.09 bits per heavy atom. The van der Waals surface area contributed by atoms with E-state index in [-0.39, 0.29) is 11.4 Å². The van der Waals surface area contributed by atoms with Gasteiger partial charge in [0.15, 0.2) is 5.82 Å². The van der Waals surface area contributed by atoms with Gasteiger partial charge in [0.1, 0.15) is 23.1 Å². The van der Waals surface area contributed by atoms with Gasteiger partial charge >= 0.3 is 0 Å². The number of pyridine rings is 1. The summed E-state index contributed by atoms with van der Waals surface area (Å²) in [5, 5.41) is 14.2. The molecule has 0 unspecified atom stereocenters. The second-order valence-electron chi connectivity index (χ2n) is 6.85. The van der Waals surface area contributed by atoms with Crippen LogP contribution in [0.3, 0.4) is 0 Å². The Bertz CT molecular complexity index is 1250. The lowest BCUT2D eigenvalue weighted by atomic mass is 10.3. The number of nitrogens with zero attached hydrogens (tertiary/aromatic N) is 3. The summed E-state index contributed by atoms with van der Waals surface area (Å²) in [6.45, 7) is 0.524. The Morgan fingerprint density at radius 2 is 1.39 bits per heavy atom. The molecule has 0 saturated carbocycles. The first-order valence-corrected chi connectivity index (χ1v) is 11.7. The smallest absolute Gasteiger partial charge is 0.240 e. The minimum Gasteiger partial charge on any atom is -0.457 e. The number of para-hydroxylation sites is 1. The van der Waals surface area contributed by atoms with Crippen LogP contribution in [0.1, 0.15) is 0 Å². The van der Waals surface area contributed by atoms with Crippen molar-refractivity contribution in [1.29, 1.82) is 0 Å². The molecule has 0 radical (unpaired) electrons. The lowest BCUT2D eigenvalue weighted by Crippen LogP contribution is -2.29. The molecule has 4 rings (SSSR count). The Kier molecular flexibility index (Phi) is 7.08. The molecular formula is C23H22N6O3S. The SMILES string of the molecule is O=S(=O)(NCCNc1ccc(Nc2ccccn2)nn1)c1ccc(Oc2ccccc2)cc1. The Hall–Kier alpha value is -4.02. The Balaban J connectivity index is 1.24. The van der Waals surface area contributed by atoms with Crippen molar-refractivity contribution in [1.82, 2.24) is 19.9 Å². The number of hydrogen-bond acceptors (Lipinski definition) is 8. The molecule has 4 aromatic rings. The molecular weight excluding hydrogens is 440 g/mol. The fourth-order valence-corrected chi connectivity index (χ4v) is 3.86. The van der Waals surface area contributed by atoms with E-state index in [1.807, 2.05) is 48.5 Å². The average Bonchev–Trinajstić information content (AvgIpc) is 2.85. The molecule has 0 atom stereocenters. The summed E-state index contributed by atoms with van der Waals surface area (Å²) in [6.07, 6.45) is 1.68. The molecule has 2 heterocycles. The van der Waals surface area contributed by atoms with Gasteiger partial charge in [-0.2, -0.15) is 0 Å². The molecule has 0 aliphatic heterocycles. The number of nitrogens with one attached hydrogen (secondary N) is 3. The summed E-state index contributed by atoms with van der Waals surface area (Å²) < 4.78 is 33.3. The lowest BCUT2D eigenvalue weighted by molar-refractivity contribution is 0.482. The third-order valence-electron chi connectivity index (χ3n) is 4.42. The maximum Gasteiger partial charge on any atom is 0.240 e. The molecule has 33 heavy (non-hydrogen) atoms. The Labute approximate surface area is 191 Å². The molecule has 0 amide bonds. The van der Waals surface area contributed by atoms with Gasteiger partial charge in [-0.25, -0.2) is 18.1 Å². The van der Waals surface area contributed by atoms with E-state index in [2.05, 4.69) is 30.5 Å². The van der Waals surface area contributed by atoms with Gasteiger partial charge in [0.2, 0.25) is 10.0 Å². The molecule has 0 aliphatic rings. The molecule has 0 saturated heterocycles. The van der Waals surface area contributed by atoms with E-state index in [4.69, 9.17) is 4.74 Å². The molecule has 0 fully saturated rings. The minimum atomic E-state index is -3.64. The fraction of sp³-hybridized carbons (Fsp3) is 0.0870. The second-order valence-corrected chi connectivity index (χ2v) is 8.62. The quantitative estimate of drug-likeness (QED) is 0.305. The van der Waals surface area contributed by atoms with E-state index < -0.39 is 10.0 Å². The van der Waals surface area contributed by atoms with Crippen molar-refractivity contribution < 1.29 is 13.2 Å². The monoisotopic (exact) mass is 462 g/mol. The largest absolute Gasteiger partial charge is 0.457 e. The van der Waals surface area contributed by atoms with Crippen LogP contribution >= 0.6 is 0 Å². The lowest BCUT2D eigenvalue weighted by Gasteiger charge is -2.10. The first-order valence-electron chi connectivity index (χ1n) is 10.2. The van der Waals surface area contributed by atoms with E-state index in [1.54, 1.807) is 30.5 Å². The van der Waals surface area contributed by atoms with Crippen LogP contribution in [0.2, 0.25) is 0 Å². The third-order valence-corrected chi connectivity index (χ3v) is 5.90. The van der Waals surface area contributed by atoms with Gasteiger partial charge in [-0.05, 0) is 60.7 Å².